The molecule has 1 unspecified atom stereocenters. The molecular formula is C39H52N8O8S. The predicted molar refractivity (Wildman–Crippen MR) is 210 cm³/mol. The molecule has 0 spiro atoms. The molecule has 2 heterocycles. The molecule has 302 valence electrons. The van der Waals surface area contributed by atoms with Gasteiger partial charge in [-0.25, -0.2) is 4.98 Å². The van der Waals surface area contributed by atoms with Crippen LogP contribution in [0.3, 0.4) is 0 Å². The maximum atomic E-state index is 12.1. The number of hydrogen-bond donors (Lipinski definition) is 2. The van der Waals surface area contributed by atoms with Gasteiger partial charge in [-0.15, -0.1) is 21.6 Å². The highest BCUT2D eigenvalue weighted by Crippen LogP contribution is 2.39. The first-order valence-corrected chi connectivity index (χ1v) is 19.4. The Morgan fingerprint density at radius 2 is 1.55 bits per heavy atom. The number of carboxylic acids is 1. The molecule has 0 fully saturated rings. The highest BCUT2D eigenvalue weighted by Gasteiger charge is 2.23. The number of nitrogens with zero attached hydrogens (tertiary/aromatic N) is 7. The van der Waals surface area contributed by atoms with E-state index in [1.165, 1.54) is 13.3 Å². The summed E-state index contributed by atoms with van der Waals surface area (Å²) in [5, 5.41) is 49.9. The van der Waals surface area contributed by atoms with Crippen molar-refractivity contribution >= 4 is 51.5 Å². The van der Waals surface area contributed by atoms with E-state index < -0.39 is 23.8 Å². The molecule has 2 rings (SSSR count). The van der Waals surface area contributed by atoms with Crippen LogP contribution in [0.4, 0.5) is 22.3 Å². The van der Waals surface area contributed by atoms with E-state index in [0.29, 0.717) is 48.1 Å². The third kappa shape index (κ3) is 15.8. The molecule has 56 heavy (non-hydrogen) atoms. The largest absolute Gasteiger partial charge is 0.481 e. The Hall–Kier alpha value is -5.25. The number of ether oxygens (including phenoxy) is 4. The molecule has 1 atom stereocenters. The quantitative estimate of drug-likeness (QED) is 0.0396. The lowest BCUT2D eigenvalue weighted by atomic mass is 10.0. The summed E-state index contributed by atoms with van der Waals surface area (Å²) in [5.41, 5.74) is 1.53. The number of pyridine rings is 1. The molecule has 2 N–H and O–H groups in total. The summed E-state index contributed by atoms with van der Waals surface area (Å²) in [7, 11) is 0. The normalized spacial score (nSPS) is 11.6. The van der Waals surface area contributed by atoms with Gasteiger partial charge in [0.05, 0.1) is 63.1 Å². The van der Waals surface area contributed by atoms with Crippen LogP contribution in [0.15, 0.2) is 22.4 Å². The topological polar surface area (TPSA) is 233 Å². The van der Waals surface area contributed by atoms with Crippen molar-refractivity contribution < 1.29 is 38.4 Å². The zero-order chi connectivity index (χ0) is 41.3. The molecule has 2 aromatic rings. The first-order valence-electron chi connectivity index (χ1n) is 18.6. The van der Waals surface area contributed by atoms with Crippen molar-refractivity contribution in [2.75, 3.05) is 69.6 Å². The fourth-order valence-electron chi connectivity index (χ4n) is 5.26. The van der Waals surface area contributed by atoms with Crippen LogP contribution >= 0.6 is 11.3 Å². The number of likely N-dealkylation sites (N-methyl/N-ethyl adjacent to an activating group) is 1. The lowest BCUT2D eigenvalue weighted by molar-refractivity contribution is -0.152. The number of nitriles is 3. The number of carbonyl (C=O) groups is 3. The molecule has 2 aromatic heterocycles. The highest BCUT2D eigenvalue weighted by atomic mass is 32.1. The molecule has 0 aromatic carbocycles. The number of amides is 1. The van der Waals surface area contributed by atoms with Crippen LogP contribution in [0.1, 0.15) is 92.8 Å². The second kappa shape index (κ2) is 26.5. The Balaban J connectivity index is 1.79. The van der Waals surface area contributed by atoms with Crippen LogP contribution in [0.5, 0.6) is 0 Å². The number of unbranched alkanes of at least 4 members (excludes halogenated alkanes) is 4. The third-order valence-corrected chi connectivity index (χ3v) is 9.46. The Bertz CT molecular complexity index is 1790. The van der Waals surface area contributed by atoms with Crippen molar-refractivity contribution in [2.24, 2.45) is 16.1 Å². The molecule has 0 aliphatic carbocycles. The number of anilines is 2. The summed E-state index contributed by atoms with van der Waals surface area (Å²) >= 11 is 1.02. The number of azo groups is 1. The number of carbonyl (C=O) groups excluding carboxylic acids is 2. The fourth-order valence-corrected chi connectivity index (χ4v) is 6.14. The van der Waals surface area contributed by atoms with Crippen molar-refractivity contribution in [1.82, 2.24) is 4.98 Å². The van der Waals surface area contributed by atoms with Gasteiger partial charge in [-0.05, 0) is 45.6 Å². The predicted octanol–water partition coefficient (Wildman–Crippen LogP) is 7.18. The fraction of sp³-hybridized carbons (Fsp3) is 0.564. The second-order valence-electron chi connectivity index (χ2n) is 12.5. The maximum absolute atomic E-state index is 12.1. The van der Waals surface area contributed by atoms with Crippen molar-refractivity contribution in [3.05, 3.63) is 39.3 Å². The van der Waals surface area contributed by atoms with Gasteiger partial charge in [-0.2, -0.15) is 15.8 Å². The number of hydrogen-bond acceptors (Lipinski definition) is 15. The summed E-state index contributed by atoms with van der Waals surface area (Å²) in [6.45, 7) is 11.1. The van der Waals surface area contributed by atoms with Crippen LogP contribution in [0, 0.1) is 53.8 Å². The van der Waals surface area contributed by atoms with Crippen molar-refractivity contribution in [3.8, 4) is 18.2 Å². The highest BCUT2D eigenvalue weighted by molar-refractivity contribution is 7.16. The maximum Gasteiger partial charge on any atom is 0.307 e. The summed E-state index contributed by atoms with van der Waals surface area (Å²) in [6.07, 6.45) is 9.36. The van der Waals surface area contributed by atoms with Gasteiger partial charge in [0.15, 0.2) is 10.8 Å². The minimum atomic E-state index is -1.03. The van der Waals surface area contributed by atoms with Crippen LogP contribution in [0.2, 0.25) is 0 Å². The first kappa shape index (κ1) is 46.9. The molecular weight excluding hydrogens is 741 g/mol. The zero-order valence-corrected chi connectivity index (χ0v) is 33.7. The first-order chi connectivity index (χ1) is 27.0. The van der Waals surface area contributed by atoms with Crippen LogP contribution in [-0.4, -0.2) is 87.3 Å². The van der Waals surface area contributed by atoms with E-state index in [1.807, 2.05) is 36.1 Å². The summed E-state index contributed by atoms with van der Waals surface area (Å²) in [4.78, 5) is 42.5. The van der Waals surface area contributed by atoms with E-state index in [1.54, 1.807) is 13.8 Å². The number of aromatic nitrogens is 1. The third-order valence-electron chi connectivity index (χ3n) is 8.38. The minimum absolute atomic E-state index is 0.0126. The molecule has 1 amide bonds. The Labute approximate surface area is 332 Å². The number of esters is 1. The smallest absolute Gasteiger partial charge is 0.307 e. The molecule has 0 saturated carbocycles. The lowest BCUT2D eigenvalue weighted by Crippen LogP contribution is -2.30. The van der Waals surface area contributed by atoms with Gasteiger partial charge < -0.3 is 34.3 Å². The monoisotopic (exact) mass is 792 g/mol. The van der Waals surface area contributed by atoms with Gasteiger partial charge >= 0.3 is 11.9 Å². The second-order valence-corrected chi connectivity index (χ2v) is 13.5. The van der Waals surface area contributed by atoms with Gasteiger partial charge in [-0.3, -0.25) is 14.4 Å². The summed E-state index contributed by atoms with van der Waals surface area (Å²) < 4.78 is 21.9. The number of carboxylic acid groups (broad SMARTS) is 1. The standard InChI is InChI=1S/C39H52N8O8S/c1-6-8-9-10-11-12-13-14-30(39(50)51)23-34(49)55-22-21-54-20-19-53-18-17-52-16-15-47(7-2)37-31(24-40)28(4)35(36(44-37)43-29(5)48)45-46-38-32(25-41)27(3)33(26-42)56-38/h12-13,30H,6-11,14-23H2,1-5H3,(H,50,51)(H,43,44,48)/b13-12+,46-45+. The van der Waals surface area contributed by atoms with E-state index in [9.17, 15) is 35.3 Å². The SMILES string of the molecule is CCCCCC/C=C/CC(CC(=O)OCCOCCOCCOCCN(CC)c1nc(NC(C)=O)c(/N=N/c2sc(C#N)c(C)c2C#N)c(C)c1C#N)C(=O)O. The van der Waals surface area contributed by atoms with Gasteiger partial charge in [0.1, 0.15) is 41.2 Å². The Morgan fingerprint density at radius 1 is 0.893 bits per heavy atom. The summed E-state index contributed by atoms with van der Waals surface area (Å²) in [5.74, 6) is -2.42. The van der Waals surface area contributed by atoms with Gasteiger partial charge in [0, 0.05) is 25.6 Å². The number of rotatable bonds is 27. The molecule has 16 nitrogen and oxygen atoms in total. The van der Waals surface area contributed by atoms with Crippen molar-refractivity contribution in [1.29, 1.82) is 15.8 Å². The van der Waals surface area contributed by atoms with Crippen LogP contribution in [-0.2, 0) is 33.3 Å². The Morgan fingerprint density at radius 3 is 2.14 bits per heavy atom. The van der Waals surface area contributed by atoms with Crippen LogP contribution < -0.4 is 10.2 Å². The van der Waals surface area contributed by atoms with Crippen LogP contribution in [0.25, 0.3) is 0 Å². The zero-order valence-electron chi connectivity index (χ0n) is 32.9. The molecule has 0 aliphatic heterocycles. The van der Waals surface area contributed by atoms with Gasteiger partial charge in [0.2, 0.25) is 5.91 Å². The number of thiophene rings is 1. The number of allylic oxidation sites excluding steroid dienone is 2. The lowest BCUT2D eigenvalue weighted by Gasteiger charge is -2.25. The molecule has 0 bridgehead atoms. The van der Waals surface area contributed by atoms with E-state index >= 15 is 0 Å². The molecule has 0 aliphatic rings. The molecule has 0 saturated heterocycles. The molecule has 0 radical (unpaired) electrons. The van der Waals surface area contributed by atoms with Gasteiger partial charge in [-0.1, -0.05) is 38.3 Å². The molecule has 17 heteroatoms. The van der Waals surface area contributed by atoms with Crippen molar-refractivity contribution in [3.63, 3.8) is 0 Å². The van der Waals surface area contributed by atoms with E-state index in [2.05, 4.69) is 33.5 Å². The van der Waals surface area contributed by atoms with Gasteiger partial charge in [0.25, 0.3) is 0 Å². The number of nitrogens with one attached hydrogen (secondary N) is 1. The van der Waals surface area contributed by atoms with Crippen molar-refractivity contribution in [2.45, 2.75) is 79.6 Å². The van der Waals surface area contributed by atoms with E-state index in [-0.39, 0.29) is 73.5 Å². The average molecular weight is 793 g/mol. The summed E-state index contributed by atoms with van der Waals surface area (Å²) in [6, 6.07) is 6.27. The number of aliphatic carboxylic acids is 1. The van der Waals surface area contributed by atoms with E-state index in [4.69, 9.17) is 18.9 Å². The Kier molecular flexibility index (Phi) is 22.2. The van der Waals surface area contributed by atoms with E-state index in [0.717, 1.165) is 37.0 Å². The average Bonchev–Trinajstić information content (AvgIpc) is 3.48. The minimum Gasteiger partial charge on any atom is -0.481 e.